The molecule has 0 fully saturated rings. The average Bonchev–Trinajstić information content (AvgIpc) is 2.47. The molecule has 0 saturated heterocycles. The van der Waals surface area contributed by atoms with Crippen LogP contribution in [0, 0.1) is 5.82 Å². The van der Waals surface area contributed by atoms with E-state index in [1.807, 2.05) is 42.3 Å². The van der Waals surface area contributed by atoms with Crippen LogP contribution in [0.15, 0.2) is 42.5 Å². The van der Waals surface area contributed by atoms with Gasteiger partial charge in [-0.15, -0.1) is 0 Å². The van der Waals surface area contributed by atoms with Crippen molar-refractivity contribution >= 4 is 22.9 Å². The molecule has 0 atom stereocenters. The third-order valence-electron chi connectivity index (χ3n) is 3.22. The molecule has 0 aromatic heterocycles. The minimum absolute atomic E-state index is 0.241. The highest BCUT2D eigenvalue weighted by molar-refractivity contribution is 7.80. The van der Waals surface area contributed by atoms with Crippen LogP contribution in [0.2, 0.25) is 0 Å². The van der Waals surface area contributed by atoms with Crippen molar-refractivity contribution in [3.05, 3.63) is 59.4 Å². The lowest BCUT2D eigenvalue weighted by Gasteiger charge is -2.22. The van der Waals surface area contributed by atoms with E-state index in [2.05, 4.69) is 0 Å². The van der Waals surface area contributed by atoms with E-state index in [0.717, 1.165) is 16.8 Å². The van der Waals surface area contributed by atoms with Gasteiger partial charge < -0.3 is 15.4 Å². The average molecular weight is 304 g/mol. The first-order chi connectivity index (χ1) is 10.0. The van der Waals surface area contributed by atoms with Gasteiger partial charge in [0.1, 0.15) is 4.99 Å². The van der Waals surface area contributed by atoms with Crippen molar-refractivity contribution in [2.75, 3.05) is 19.1 Å². The summed E-state index contributed by atoms with van der Waals surface area (Å²) in [6, 6.07) is 12.6. The zero-order valence-electron chi connectivity index (χ0n) is 12.0. The van der Waals surface area contributed by atoms with Crippen LogP contribution in [0.4, 0.5) is 10.1 Å². The summed E-state index contributed by atoms with van der Waals surface area (Å²) in [6.07, 6.45) is 0. The fraction of sp³-hybridized carbons (Fsp3) is 0.188. The van der Waals surface area contributed by atoms with Gasteiger partial charge in [-0.2, -0.15) is 0 Å². The van der Waals surface area contributed by atoms with Crippen molar-refractivity contribution in [3.8, 4) is 5.75 Å². The highest BCUT2D eigenvalue weighted by atomic mass is 32.1. The summed E-state index contributed by atoms with van der Waals surface area (Å²) < 4.78 is 18.6. The Hall–Kier alpha value is -2.14. The molecule has 2 rings (SSSR count). The number of halogens is 1. The van der Waals surface area contributed by atoms with Crippen LogP contribution in [0.25, 0.3) is 0 Å². The van der Waals surface area contributed by atoms with Crippen molar-refractivity contribution in [1.29, 1.82) is 0 Å². The van der Waals surface area contributed by atoms with Crippen molar-refractivity contribution in [3.63, 3.8) is 0 Å². The van der Waals surface area contributed by atoms with Gasteiger partial charge in [-0.3, -0.25) is 0 Å². The second-order valence-electron chi connectivity index (χ2n) is 4.71. The molecule has 0 spiro atoms. The minimum Gasteiger partial charge on any atom is -0.494 e. The lowest BCUT2D eigenvalue weighted by molar-refractivity contribution is 0.386. The standard InChI is InChI=1S/C16H17FN2OS/c1-19(14-6-4-3-5-12(14)16(18)21)10-11-7-8-15(20-2)13(17)9-11/h3-9H,10H2,1-2H3,(H2,18,21). The van der Waals surface area contributed by atoms with Crippen molar-refractivity contribution in [1.82, 2.24) is 0 Å². The van der Waals surface area contributed by atoms with E-state index < -0.39 is 0 Å². The van der Waals surface area contributed by atoms with E-state index in [-0.39, 0.29) is 11.6 Å². The molecule has 2 N–H and O–H groups in total. The van der Waals surface area contributed by atoms with Gasteiger partial charge >= 0.3 is 0 Å². The second kappa shape index (κ2) is 6.54. The molecule has 0 amide bonds. The van der Waals surface area contributed by atoms with E-state index >= 15 is 0 Å². The van der Waals surface area contributed by atoms with Gasteiger partial charge in [-0.05, 0) is 29.8 Å². The van der Waals surface area contributed by atoms with Gasteiger partial charge in [0.05, 0.1) is 7.11 Å². The van der Waals surface area contributed by atoms with Crippen LogP contribution < -0.4 is 15.4 Å². The number of para-hydroxylation sites is 1. The maximum absolute atomic E-state index is 13.7. The summed E-state index contributed by atoms with van der Waals surface area (Å²) >= 11 is 5.06. The van der Waals surface area contributed by atoms with Crippen LogP contribution in [0.1, 0.15) is 11.1 Å². The number of hydrogen-bond acceptors (Lipinski definition) is 3. The van der Waals surface area contributed by atoms with E-state index in [4.69, 9.17) is 22.7 Å². The minimum atomic E-state index is -0.369. The molecule has 2 aromatic carbocycles. The van der Waals surface area contributed by atoms with E-state index in [9.17, 15) is 4.39 Å². The van der Waals surface area contributed by atoms with E-state index in [1.165, 1.54) is 13.2 Å². The summed E-state index contributed by atoms with van der Waals surface area (Å²) in [5.74, 6) is -0.129. The zero-order chi connectivity index (χ0) is 15.4. The Bertz CT molecular complexity index is 660. The number of anilines is 1. The van der Waals surface area contributed by atoms with Gasteiger partial charge in [0.15, 0.2) is 11.6 Å². The number of thiocarbonyl (C=S) groups is 1. The maximum atomic E-state index is 13.7. The van der Waals surface area contributed by atoms with Gasteiger partial charge in [0, 0.05) is 24.8 Å². The predicted octanol–water partition coefficient (Wildman–Crippen LogP) is 3.10. The first-order valence-electron chi connectivity index (χ1n) is 6.45. The Balaban J connectivity index is 2.24. The summed E-state index contributed by atoms with van der Waals surface area (Å²) in [5.41, 5.74) is 8.30. The smallest absolute Gasteiger partial charge is 0.165 e. The third kappa shape index (κ3) is 3.49. The second-order valence-corrected chi connectivity index (χ2v) is 5.15. The molecule has 21 heavy (non-hydrogen) atoms. The number of nitrogens with zero attached hydrogens (tertiary/aromatic N) is 1. The Kier molecular flexibility index (Phi) is 4.75. The maximum Gasteiger partial charge on any atom is 0.165 e. The Morgan fingerprint density at radius 1 is 1.29 bits per heavy atom. The molecule has 0 bridgehead atoms. The lowest BCUT2D eigenvalue weighted by Crippen LogP contribution is -2.21. The van der Waals surface area contributed by atoms with Crippen LogP contribution in [-0.2, 0) is 6.54 Å². The lowest BCUT2D eigenvalue weighted by atomic mass is 10.1. The fourth-order valence-corrected chi connectivity index (χ4v) is 2.35. The third-order valence-corrected chi connectivity index (χ3v) is 3.44. The normalized spacial score (nSPS) is 10.2. The van der Waals surface area contributed by atoms with Crippen LogP contribution >= 0.6 is 12.2 Å². The molecule has 0 heterocycles. The summed E-state index contributed by atoms with van der Waals surface area (Å²) in [5, 5.41) is 0. The van der Waals surface area contributed by atoms with Crippen LogP contribution in [-0.4, -0.2) is 19.1 Å². The molecule has 0 saturated carbocycles. The molecule has 2 aromatic rings. The molecule has 0 unspecified atom stereocenters. The fourth-order valence-electron chi connectivity index (χ4n) is 2.18. The highest BCUT2D eigenvalue weighted by Gasteiger charge is 2.10. The molecule has 110 valence electrons. The molecule has 5 heteroatoms. The van der Waals surface area contributed by atoms with Crippen LogP contribution in [0.5, 0.6) is 5.75 Å². The summed E-state index contributed by atoms with van der Waals surface area (Å²) in [7, 11) is 3.36. The van der Waals surface area contributed by atoms with Gasteiger partial charge in [-0.1, -0.05) is 30.4 Å². The molecule has 0 aliphatic carbocycles. The quantitative estimate of drug-likeness (QED) is 0.862. The van der Waals surface area contributed by atoms with Gasteiger partial charge in [0.25, 0.3) is 0 Å². The van der Waals surface area contributed by atoms with Crippen molar-refractivity contribution in [2.45, 2.75) is 6.54 Å². The first kappa shape index (κ1) is 15.3. The van der Waals surface area contributed by atoms with E-state index in [0.29, 0.717) is 11.5 Å². The van der Waals surface area contributed by atoms with Gasteiger partial charge in [-0.25, -0.2) is 4.39 Å². The number of methoxy groups -OCH3 is 1. The SMILES string of the molecule is COc1ccc(CN(C)c2ccccc2C(N)=S)cc1F. The topological polar surface area (TPSA) is 38.5 Å². The molecule has 3 nitrogen and oxygen atoms in total. The summed E-state index contributed by atoms with van der Waals surface area (Å²) in [6.45, 7) is 0.542. The van der Waals surface area contributed by atoms with Crippen LogP contribution in [0.3, 0.4) is 0 Å². The Morgan fingerprint density at radius 2 is 2.00 bits per heavy atom. The summed E-state index contributed by atoms with van der Waals surface area (Å²) in [4.78, 5) is 2.33. The number of ether oxygens (including phenoxy) is 1. The van der Waals surface area contributed by atoms with Crippen molar-refractivity contribution in [2.24, 2.45) is 5.73 Å². The van der Waals surface area contributed by atoms with Crippen molar-refractivity contribution < 1.29 is 9.13 Å². The highest BCUT2D eigenvalue weighted by Crippen LogP contribution is 2.23. The molecule has 0 radical (unpaired) electrons. The number of nitrogens with two attached hydrogens (primary N) is 1. The monoisotopic (exact) mass is 304 g/mol. The Morgan fingerprint density at radius 3 is 2.62 bits per heavy atom. The molecular weight excluding hydrogens is 287 g/mol. The number of rotatable bonds is 5. The van der Waals surface area contributed by atoms with E-state index in [1.54, 1.807) is 6.07 Å². The predicted molar refractivity (Wildman–Crippen MR) is 87.4 cm³/mol. The Labute approximate surface area is 129 Å². The molecule has 0 aliphatic rings. The number of benzene rings is 2. The largest absolute Gasteiger partial charge is 0.494 e. The van der Waals surface area contributed by atoms with Gasteiger partial charge in [0.2, 0.25) is 0 Å². The number of hydrogen-bond donors (Lipinski definition) is 1. The molecular formula is C16H17FN2OS. The zero-order valence-corrected chi connectivity index (χ0v) is 12.8. The first-order valence-corrected chi connectivity index (χ1v) is 6.86. The molecule has 0 aliphatic heterocycles.